The molecule has 0 fully saturated rings. The standard InChI is InChI=1S/C10H12N2O4/c1-11(4-5-13)10-3-2-9(12(15)16)6-8(10)7-14/h2-3,6-7,13H,4-5H2,1H3. The zero-order valence-electron chi connectivity index (χ0n) is 8.79. The molecule has 16 heavy (non-hydrogen) atoms. The van der Waals surface area contributed by atoms with Crippen molar-refractivity contribution in [3.8, 4) is 0 Å². The molecule has 0 saturated heterocycles. The van der Waals surface area contributed by atoms with E-state index in [1.165, 1.54) is 18.2 Å². The third-order valence-electron chi connectivity index (χ3n) is 2.20. The van der Waals surface area contributed by atoms with Gasteiger partial charge in [-0.1, -0.05) is 0 Å². The van der Waals surface area contributed by atoms with Crippen LogP contribution < -0.4 is 4.90 Å². The third kappa shape index (κ3) is 2.54. The Hall–Kier alpha value is -1.95. The van der Waals surface area contributed by atoms with Gasteiger partial charge in [0.15, 0.2) is 6.29 Å². The molecule has 0 atom stereocenters. The van der Waals surface area contributed by atoms with Crippen LogP contribution in [0.4, 0.5) is 11.4 Å². The van der Waals surface area contributed by atoms with Crippen molar-refractivity contribution in [1.82, 2.24) is 0 Å². The monoisotopic (exact) mass is 224 g/mol. The molecule has 0 amide bonds. The summed E-state index contributed by atoms with van der Waals surface area (Å²) in [5.41, 5.74) is 0.683. The van der Waals surface area contributed by atoms with Crippen LogP contribution in [0.3, 0.4) is 0 Å². The quantitative estimate of drug-likeness (QED) is 0.455. The molecule has 1 N–H and O–H groups in total. The first-order chi connectivity index (χ1) is 7.60. The van der Waals surface area contributed by atoms with E-state index < -0.39 is 4.92 Å². The van der Waals surface area contributed by atoms with Crippen molar-refractivity contribution >= 4 is 17.7 Å². The van der Waals surface area contributed by atoms with Gasteiger partial charge in [0.25, 0.3) is 5.69 Å². The summed E-state index contributed by atoms with van der Waals surface area (Å²) in [6.07, 6.45) is 0.566. The van der Waals surface area contributed by atoms with Crippen molar-refractivity contribution in [3.05, 3.63) is 33.9 Å². The van der Waals surface area contributed by atoms with Crippen LogP contribution in [0, 0.1) is 10.1 Å². The lowest BCUT2D eigenvalue weighted by molar-refractivity contribution is -0.384. The highest BCUT2D eigenvalue weighted by atomic mass is 16.6. The number of nitrogens with zero attached hydrogens (tertiary/aromatic N) is 2. The summed E-state index contributed by atoms with van der Waals surface area (Å²) in [4.78, 5) is 22.4. The fourth-order valence-corrected chi connectivity index (χ4v) is 1.37. The Bertz CT molecular complexity index is 406. The van der Waals surface area contributed by atoms with Crippen LogP contribution in [0.5, 0.6) is 0 Å². The van der Waals surface area contributed by atoms with E-state index in [1.54, 1.807) is 11.9 Å². The maximum Gasteiger partial charge on any atom is 0.270 e. The summed E-state index contributed by atoms with van der Waals surface area (Å²) < 4.78 is 0. The van der Waals surface area contributed by atoms with Crippen molar-refractivity contribution in [3.63, 3.8) is 0 Å². The average molecular weight is 224 g/mol. The lowest BCUT2D eigenvalue weighted by atomic mass is 10.1. The number of anilines is 1. The minimum Gasteiger partial charge on any atom is -0.395 e. The lowest BCUT2D eigenvalue weighted by Gasteiger charge is -2.19. The van der Waals surface area contributed by atoms with Gasteiger partial charge in [0.05, 0.1) is 11.5 Å². The Morgan fingerprint density at radius 1 is 1.56 bits per heavy atom. The number of hydrogen-bond donors (Lipinski definition) is 1. The minimum atomic E-state index is -0.553. The molecule has 1 aromatic carbocycles. The third-order valence-corrected chi connectivity index (χ3v) is 2.20. The Balaban J connectivity index is 3.11. The van der Waals surface area contributed by atoms with E-state index in [0.29, 0.717) is 18.5 Å². The van der Waals surface area contributed by atoms with E-state index in [4.69, 9.17) is 5.11 Å². The van der Waals surface area contributed by atoms with Crippen LogP contribution in [0.2, 0.25) is 0 Å². The van der Waals surface area contributed by atoms with Gasteiger partial charge in [-0.3, -0.25) is 14.9 Å². The molecule has 0 spiro atoms. The van der Waals surface area contributed by atoms with E-state index in [2.05, 4.69) is 0 Å². The molecule has 0 aliphatic rings. The number of nitro benzene ring substituents is 1. The van der Waals surface area contributed by atoms with Gasteiger partial charge >= 0.3 is 0 Å². The van der Waals surface area contributed by atoms with Gasteiger partial charge in [-0.25, -0.2) is 0 Å². The second-order valence-corrected chi connectivity index (χ2v) is 3.26. The molecule has 1 rings (SSSR count). The smallest absolute Gasteiger partial charge is 0.270 e. The lowest BCUT2D eigenvalue weighted by Crippen LogP contribution is -2.22. The summed E-state index contributed by atoms with van der Waals surface area (Å²) in [6.45, 7) is 0.310. The van der Waals surface area contributed by atoms with E-state index in [-0.39, 0.29) is 17.9 Å². The van der Waals surface area contributed by atoms with E-state index >= 15 is 0 Å². The normalized spacial score (nSPS) is 9.88. The van der Waals surface area contributed by atoms with Crippen molar-refractivity contribution in [2.75, 3.05) is 25.1 Å². The molecule has 0 heterocycles. The average Bonchev–Trinajstić information content (AvgIpc) is 2.28. The first-order valence-electron chi connectivity index (χ1n) is 4.65. The molecular formula is C10H12N2O4. The number of hydrogen-bond acceptors (Lipinski definition) is 5. The Morgan fingerprint density at radius 3 is 2.75 bits per heavy atom. The van der Waals surface area contributed by atoms with Crippen LogP contribution in [-0.4, -0.2) is 36.5 Å². The largest absolute Gasteiger partial charge is 0.395 e. The SMILES string of the molecule is CN(CCO)c1ccc([N+](=O)[O-])cc1C=O. The highest BCUT2D eigenvalue weighted by Gasteiger charge is 2.12. The predicted octanol–water partition coefficient (Wildman–Crippen LogP) is 0.836. The summed E-state index contributed by atoms with van der Waals surface area (Å²) in [5, 5.41) is 19.3. The second kappa shape index (κ2) is 5.22. The molecule has 0 saturated carbocycles. The van der Waals surface area contributed by atoms with Crippen LogP contribution in [0.15, 0.2) is 18.2 Å². The molecule has 86 valence electrons. The van der Waals surface area contributed by atoms with E-state index in [9.17, 15) is 14.9 Å². The van der Waals surface area contributed by atoms with Crippen LogP contribution in [0.25, 0.3) is 0 Å². The highest BCUT2D eigenvalue weighted by Crippen LogP contribution is 2.23. The molecule has 0 aromatic heterocycles. The van der Waals surface area contributed by atoms with Crippen LogP contribution in [-0.2, 0) is 0 Å². The summed E-state index contributed by atoms with van der Waals surface area (Å²) >= 11 is 0. The van der Waals surface area contributed by atoms with Crippen molar-refractivity contribution in [2.45, 2.75) is 0 Å². The number of carbonyl (C=O) groups is 1. The highest BCUT2D eigenvalue weighted by molar-refractivity contribution is 5.85. The molecule has 0 radical (unpaired) electrons. The zero-order valence-corrected chi connectivity index (χ0v) is 8.79. The van der Waals surface area contributed by atoms with Gasteiger partial charge in [0, 0.05) is 37.0 Å². The number of benzene rings is 1. The predicted molar refractivity (Wildman–Crippen MR) is 58.8 cm³/mol. The summed E-state index contributed by atoms with van der Waals surface area (Å²) in [7, 11) is 1.70. The molecule has 0 aliphatic carbocycles. The number of nitro groups is 1. The van der Waals surface area contributed by atoms with Crippen molar-refractivity contribution in [1.29, 1.82) is 0 Å². The molecule has 6 nitrogen and oxygen atoms in total. The number of likely N-dealkylation sites (N-methyl/N-ethyl adjacent to an activating group) is 1. The van der Waals surface area contributed by atoms with Crippen LogP contribution in [0.1, 0.15) is 10.4 Å². The van der Waals surface area contributed by atoms with Gasteiger partial charge < -0.3 is 10.0 Å². The summed E-state index contributed by atoms with van der Waals surface area (Å²) in [6, 6.07) is 4.05. The molecule has 6 heteroatoms. The summed E-state index contributed by atoms with van der Waals surface area (Å²) in [5.74, 6) is 0. The number of aliphatic hydroxyl groups excluding tert-OH is 1. The fourth-order valence-electron chi connectivity index (χ4n) is 1.37. The number of rotatable bonds is 5. The maximum atomic E-state index is 10.8. The molecular weight excluding hydrogens is 212 g/mol. The van der Waals surface area contributed by atoms with Gasteiger partial charge in [0.2, 0.25) is 0 Å². The zero-order chi connectivity index (χ0) is 12.1. The number of aliphatic hydroxyl groups is 1. The van der Waals surface area contributed by atoms with Gasteiger partial charge in [-0.2, -0.15) is 0 Å². The first kappa shape index (κ1) is 12.1. The number of non-ortho nitro benzene ring substituents is 1. The van der Waals surface area contributed by atoms with Crippen LogP contribution >= 0.6 is 0 Å². The Kier molecular flexibility index (Phi) is 3.96. The van der Waals surface area contributed by atoms with E-state index in [0.717, 1.165) is 0 Å². The van der Waals surface area contributed by atoms with Gasteiger partial charge in [-0.05, 0) is 6.07 Å². The Labute approximate surface area is 92.3 Å². The van der Waals surface area contributed by atoms with Gasteiger partial charge in [0.1, 0.15) is 0 Å². The first-order valence-corrected chi connectivity index (χ1v) is 4.65. The fraction of sp³-hybridized carbons (Fsp3) is 0.300. The Morgan fingerprint density at radius 2 is 2.25 bits per heavy atom. The number of carbonyl (C=O) groups excluding carboxylic acids is 1. The molecule has 0 bridgehead atoms. The molecule has 0 aliphatic heterocycles. The number of aldehydes is 1. The molecule has 0 unspecified atom stereocenters. The molecule has 1 aromatic rings. The van der Waals surface area contributed by atoms with Crippen molar-refractivity contribution in [2.24, 2.45) is 0 Å². The van der Waals surface area contributed by atoms with Crippen molar-refractivity contribution < 1.29 is 14.8 Å². The maximum absolute atomic E-state index is 10.8. The minimum absolute atomic E-state index is 0.0498. The van der Waals surface area contributed by atoms with Gasteiger partial charge in [-0.15, -0.1) is 0 Å². The topological polar surface area (TPSA) is 83.7 Å². The second-order valence-electron chi connectivity index (χ2n) is 3.26. The van der Waals surface area contributed by atoms with E-state index in [1.807, 2.05) is 0 Å².